The second-order valence-corrected chi connectivity index (χ2v) is 10.9. The molecule has 0 fully saturated rings. The molecule has 2 heterocycles. The molecule has 2 aromatic heterocycles. The van der Waals surface area contributed by atoms with Crippen molar-refractivity contribution in [2.45, 2.75) is 0 Å². The molecule has 0 amide bonds. The van der Waals surface area contributed by atoms with Crippen molar-refractivity contribution in [2.75, 3.05) is 4.90 Å². The molecule has 0 saturated carbocycles. The summed E-state index contributed by atoms with van der Waals surface area (Å²) in [5.74, 6) is 0. The number of fused-ring (bicyclic) bond motifs is 8. The van der Waals surface area contributed by atoms with Gasteiger partial charge < -0.3 is 13.7 Å². The minimum absolute atomic E-state index is 0.837. The minimum Gasteiger partial charge on any atom is -0.456 e. The molecule has 3 nitrogen and oxygen atoms in total. The fourth-order valence-electron chi connectivity index (χ4n) is 6.61. The number of para-hydroxylation sites is 3. The van der Waals surface area contributed by atoms with Gasteiger partial charge in [-0.1, -0.05) is 103 Å². The standard InChI is InChI=1S/C40H25NO2/c1-3-14-27(15-4-1)41(28-16-5-2-6-17-28)33-23-22-31(30-20-11-13-26-12-7-8-18-29(26)30)38-39-36(43-40(33)38)25-24-35-37(39)32-19-9-10-21-34(32)42-35/h1-25H. The molecule has 3 heteroatoms. The highest BCUT2D eigenvalue weighted by molar-refractivity contribution is 6.30. The van der Waals surface area contributed by atoms with Crippen LogP contribution in [0.3, 0.4) is 0 Å². The maximum Gasteiger partial charge on any atom is 0.160 e. The van der Waals surface area contributed by atoms with E-state index in [0.29, 0.717) is 0 Å². The van der Waals surface area contributed by atoms with Crippen LogP contribution in [-0.4, -0.2) is 0 Å². The van der Waals surface area contributed by atoms with Crippen molar-refractivity contribution in [3.63, 3.8) is 0 Å². The predicted molar refractivity (Wildman–Crippen MR) is 179 cm³/mol. The van der Waals surface area contributed by atoms with E-state index in [9.17, 15) is 0 Å². The van der Waals surface area contributed by atoms with Crippen molar-refractivity contribution >= 4 is 71.7 Å². The average Bonchev–Trinajstić information content (AvgIpc) is 3.65. The fourth-order valence-corrected chi connectivity index (χ4v) is 6.61. The lowest BCUT2D eigenvalue weighted by atomic mass is 9.93. The number of benzene rings is 7. The van der Waals surface area contributed by atoms with Crippen molar-refractivity contribution in [3.8, 4) is 11.1 Å². The maximum atomic E-state index is 6.92. The molecule has 0 atom stereocenters. The Morgan fingerprint density at radius 3 is 1.77 bits per heavy atom. The summed E-state index contributed by atoms with van der Waals surface area (Å²) in [4.78, 5) is 2.28. The smallest absolute Gasteiger partial charge is 0.160 e. The van der Waals surface area contributed by atoms with Crippen LogP contribution in [0.5, 0.6) is 0 Å². The lowest BCUT2D eigenvalue weighted by Gasteiger charge is -2.26. The van der Waals surface area contributed by atoms with Crippen molar-refractivity contribution in [1.29, 1.82) is 0 Å². The number of nitrogens with zero attached hydrogens (tertiary/aromatic N) is 1. The Kier molecular flexibility index (Phi) is 5.20. The topological polar surface area (TPSA) is 29.5 Å². The van der Waals surface area contributed by atoms with Gasteiger partial charge in [0.1, 0.15) is 16.7 Å². The van der Waals surface area contributed by atoms with Gasteiger partial charge in [0.05, 0.1) is 5.69 Å². The zero-order valence-electron chi connectivity index (χ0n) is 23.2. The van der Waals surface area contributed by atoms with Crippen molar-refractivity contribution in [2.24, 2.45) is 0 Å². The third-order valence-electron chi connectivity index (χ3n) is 8.45. The van der Waals surface area contributed by atoms with Crippen molar-refractivity contribution in [3.05, 3.63) is 152 Å². The summed E-state index contributed by atoms with van der Waals surface area (Å²) >= 11 is 0. The minimum atomic E-state index is 0.837. The number of anilines is 3. The first-order chi connectivity index (χ1) is 21.3. The van der Waals surface area contributed by atoms with Crippen LogP contribution in [0.15, 0.2) is 160 Å². The molecule has 202 valence electrons. The lowest BCUT2D eigenvalue weighted by Crippen LogP contribution is -2.10. The number of furan rings is 2. The maximum absolute atomic E-state index is 6.92. The molecule has 0 aliphatic carbocycles. The van der Waals surface area contributed by atoms with Crippen LogP contribution in [0.4, 0.5) is 17.1 Å². The highest BCUT2D eigenvalue weighted by Gasteiger charge is 2.25. The van der Waals surface area contributed by atoms with E-state index in [-0.39, 0.29) is 0 Å². The SMILES string of the molecule is c1ccc(N(c2ccccc2)c2ccc(-c3cccc4ccccc34)c3c2oc2ccc4oc5ccccc5c4c23)cc1. The summed E-state index contributed by atoms with van der Waals surface area (Å²) in [5.41, 5.74) is 8.82. The largest absolute Gasteiger partial charge is 0.456 e. The van der Waals surface area contributed by atoms with Gasteiger partial charge in [-0.3, -0.25) is 0 Å². The quantitative estimate of drug-likeness (QED) is 0.218. The Balaban J connectivity index is 1.47. The average molecular weight is 552 g/mol. The van der Waals surface area contributed by atoms with E-state index in [1.165, 1.54) is 16.3 Å². The summed E-state index contributed by atoms with van der Waals surface area (Å²) in [7, 11) is 0. The summed E-state index contributed by atoms with van der Waals surface area (Å²) in [6.45, 7) is 0. The second-order valence-electron chi connectivity index (χ2n) is 10.9. The van der Waals surface area contributed by atoms with E-state index in [2.05, 4.69) is 120 Å². The number of hydrogen-bond donors (Lipinski definition) is 0. The van der Waals surface area contributed by atoms with Gasteiger partial charge >= 0.3 is 0 Å². The molecule has 0 radical (unpaired) electrons. The Hall–Kier alpha value is -5.80. The summed E-state index contributed by atoms with van der Waals surface area (Å²) in [6.07, 6.45) is 0. The number of rotatable bonds is 4. The molecule has 0 bridgehead atoms. The molecular formula is C40H25NO2. The zero-order valence-corrected chi connectivity index (χ0v) is 23.2. The Morgan fingerprint density at radius 2 is 1.00 bits per heavy atom. The van der Waals surface area contributed by atoms with E-state index in [1.54, 1.807) is 0 Å². The molecule has 0 N–H and O–H groups in total. The first-order valence-electron chi connectivity index (χ1n) is 14.5. The van der Waals surface area contributed by atoms with E-state index in [0.717, 1.165) is 66.5 Å². The summed E-state index contributed by atoms with van der Waals surface area (Å²) in [5, 5.41) is 6.74. The lowest BCUT2D eigenvalue weighted by molar-refractivity contribution is 0.663. The molecule has 9 rings (SSSR count). The highest BCUT2D eigenvalue weighted by atomic mass is 16.3. The van der Waals surface area contributed by atoms with Crippen LogP contribution in [0.25, 0.3) is 65.8 Å². The molecule has 7 aromatic carbocycles. The van der Waals surface area contributed by atoms with E-state index < -0.39 is 0 Å². The first-order valence-corrected chi connectivity index (χ1v) is 14.5. The molecule has 0 saturated heterocycles. The summed E-state index contributed by atoms with van der Waals surface area (Å²) < 4.78 is 13.3. The monoisotopic (exact) mass is 551 g/mol. The molecule has 9 aromatic rings. The third kappa shape index (κ3) is 3.62. The molecule has 0 aliphatic heterocycles. The Labute approximate surface area is 247 Å². The van der Waals surface area contributed by atoms with Crippen LogP contribution in [0.1, 0.15) is 0 Å². The van der Waals surface area contributed by atoms with E-state index in [1.807, 2.05) is 36.4 Å². The van der Waals surface area contributed by atoms with Gasteiger partial charge in [0.2, 0.25) is 0 Å². The van der Waals surface area contributed by atoms with Crippen LogP contribution >= 0.6 is 0 Å². The van der Waals surface area contributed by atoms with Gasteiger partial charge in [-0.15, -0.1) is 0 Å². The van der Waals surface area contributed by atoms with E-state index >= 15 is 0 Å². The van der Waals surface area contributed by atoms with Crippen molar-refractivity contribution in [1.82, 2.24) is 0 Å². The summed E-state index contributed by atoms with van der Waals surface area (Å²) in [6, 6.07) is 52.9. The first kappa shape index (κ1) is 23.9. The molecule has 0 aliphatic rings. The normalized spacial score (nSPS) is 11.7. The molecule has 0 unspecified atom stereocenters. The predicted octanol–water partition coefficient (Wildman–Crippen LogP) is 11.8. The third-order valence-corrected chi connectivity index (χ3v) is 8.45. The molecule has 43 heavy (non-hydrogen) atoms. The van der Waals surface area contributed by atoms with Gasteiger partial charge in [0.25, 0.3) is 0 Å². The van der Waals surface area contributed by atoms with Crippen molar-refractivity contribution < 1.29 is 8.83 Å². The zero-order chi connectivity index (χ0) is 28.3. The fraction of sp³-hybridized carbons (Fsp3) is 0. The Morgan fingerprint density at radius 1 is 0.372 bits per heavy atom. The van der Waals surface area contributed by atoms with Crippen LogP contribution in [0, 0.1) is 0 Å². The van der Waals surface area contributed by atoms with Gasteiger partial charge in [-0.05, 0) is 70.4 Å². The number of hydrogen-bond acceptors (Lipinski definition) is 3. The molecular weight excluding hydrogens is 526 g/mol. The van der Waals surface area contributed by atoms with E-state index in [4.69, 9.17) is 8.83 Å². The second kappa shape index (κ2) is 9.37. The van der Waals surface area contributed by atoms with Crippen LogP contribution in [-0.2, 0) is 0 Å². The molecule has 0 spiro atoms. The van der Waals surface area contributed by atoms with Gasteiger partial charge in [0.15, 0.2) is 5.58 Å². The van der Waals surface area contributed by atoms with Crippen LogP contribution < -0.4 is 4.90 Å². The van der Waals surface area contributed by atoms with Gasteiger partial charge in [-0.2, -0.15) is 0 Å². The van der Waals surface area contributed by atoms with Gasteiger partial charge in [0, 0.05) is 32.9 Å². The Bertz CT molecular complexity index is 2410. The highest BCUT2D eigenvalue weighted by Crippen LogP contribution is 2.49. The van der Waals surface area contributed by atoms with Gasteiger partial charge in [-0.25, -0.2) is 0 Å². The van der Waals surface area contributed by atoms with Crippen LogP contribution in [0.2, 0.25) is 0 Å².